The summed E-state index contributed by atoms with van der Waals surface area (Å²) in [4.78, 5) is 12.1. The van der Waals surface area contributed by atoms with Gasteiger partial charge >= 0.3 is 0 Å². The maximum Gasteiger partial charge on any atom is 0.253 e. The molecule has 1 amide bonds. The molecule has 1 fully saturated rings. The van der Waals surface area contributed by atoms with Gasteiger partial charge in [0.15, 0.2) is 0 Å². The van der Waals surface area contributed by atoms with E-state index >= 15 is 0 Å². The molecule has 3 N–H and O–H groups in total. The molecule has 0 radical (unpaired) electrons. The summed E-state index contributed by atoms with van der Waals surface area (Å²) in [6.45, 7) is 2.83. The molecule has 1 aliphatic heterocycles. The van der Waals surface area contributed by atoms with Crippen molar-refractivity contribution in [1.82, 2.24) is 0 Å². The molecule has 2 atom stereocenters. The van der Waals surface area contributed by atoms with Crippen molar-refractivity contribution in [2.45, 2.75) is 32.0 Å². The van der Waals surface area contributed by atoms with Gasteiger partial charge in [-0.25, -0.2) is 0 Å². The zero-order chi connectivity index (χ0) is 15.4. The minimum absolute atomic E-state index is 0.0736. The highest BCUT2D eigenvalue weighted by Crippen LogP contribution is 2.32. The predicted octanol–water partition coefficient (Wildman–Crippen LogP) is 3.10. The Balaban J connectivity index is 1.91. The first-order chi connectivity index (χ1) is 9.97. The van der Waals surface area contributed by atoms with Crippen LogP contribution in [0.5, 0.6) is 0 Å². The second-order valence-electron chi connectivity index (χ2n) is 4.95. The molecular weight excluding hydrogens is 315 g/mol. The van der Waals surface area contributed by atoms with Crippen LogP contribution in [0, 0.1) is 0 Å². The molecule has 0 aliphatic carbocycles. The molecule has 1 aromatic carbocycles. The summed E-state index contributed by atoms with van der Waals surface area (Å²) in [6, 6.07) is 3.05. The third-order valence-corrected chi connectivity index (χ3v) is 3.78. The molecule has 2 unspecified atom stereocenters. The summed E-state index contributed by atoms with van der Waals surface area (Å²) in [6.07, 6.45) is 1.44. The number of rotatable bonds is 5. The van der Waals surface area contributed by atoms with E-state index in [0.717, 1.165) is 19.4 Å². The molecule has 1 aromatic rings. The van der Waals surface area contributed by atoms with Gasteiger partial charge in [-0.05, 0) is 31.9 Å². The van der Waals surface area contributed by atoms with Crippen molar-refractivity contribution in [2.75, 3.05) is 24.3 Å². The monoisotopic (exact) mass is 332 g/mol. The number of hydrogen-bond donors (Lipinski definition) is 2. The minimum Gasteiger partial charge on any atom is -0.397 e. The lowest BCUT2D eigenvalue weighted by molar-refractivity contribution is -0.128. The summed E-state index contributed by atoms with van der Waals surface area (Å²) in [5, 5.41) is 3.37. The van der Waals surface area contributed by atoms with Crippen molar-refractivity contribution in [3.63, 3.8) is 0 Å². The Morgan fingerprint density at radius 1 is 1.57 bits per heavy atom. The van der Waals surface area contributed by atoms with E-state index in [-0.39, 0.29) is 12.0 Å². The van der Waals surface area contributed by atoms with Crippen LogP contribution in [0.25, 0.3) is 0 Å². The molecule has 116 valence electrons. The van der Waals surface area contributed by atoms with E-state index < -0.39 is 6.10 Å². The number of ether oxygens (including phenoxy) is 2. The third kappa shape index (κ3) is 4.48. The van der Waals surface area contributed by atoms with Crippen molar-refractivity contribution in [1.29, 1.82) is 0 Å². The number of nitrogen functional groups attached to an aromatic ring is 1. The first-order valence-electron chi connectivity index (χ1n) is 6.76. The van der Waals surface area contributed by atoms with Gasteiger partial charge in [-0.3, -0.25) is 4.79 Å². The maximum atomic E-state index is 12.1. The molecule has 2 rings (SSSR count). The van der Waals surface area contributed by atoms with E-state index in [1.165, 1.54) is 12.1 Å². The Hall–Kier alpha value is -1.01. The Kier molecular flexibility index (Phi) is 5.70. The van der Waals surface area contributed by atoms with Crippen molar-refractivity contribution < 1.29 is 14.3 Å². The van der Waals surface area contributed by atoms with E-state index in [2.05, 4.69) is 5.32 Å². The molecule has 1 heterocycles. The summed E-state index contributed by atoms with van der Waals surface area (Å²) in [5.74, 6) is -0.316. The second kappa shape index (κ2) is 7.31. The first-order valence-corrected chi connectivity index (χ1v) is 7.51. The number of carbonyl (C=O) groups excluding carboxylic acids is 1. The molecule has 0 aromatic heterocycles. The molecule has 7 heteroatoms. The predicted molar refractivity (Wildman–Crippen MR) is 83.9 cm³/mol. The van der Waals surface area contributed by atoms with Crippen LogP contribution in [0.15, 0.2) is 12.1 Å². The molecule has 0 saturated carbocycles. The van der Waals surface area contributed by atoms with Crippen molar-refractivity contribution in [3.05, 3.63) is 22.2 Å². The molecular formula is C14H18Cl2N2O3. The standard InChI is InChI=1S/C14H18Cl2N2O3/c1-8(21-7-10-3-2-4-20-10)14(19)18-13-11(16)5-9(15)6-12(13)17/h5-6,8,10H,2-4,7,17H2,1H3,(H,18,19). The second-order valence-corrected chi connectivity index (χ2v) is 5.80. The van der Waals surface area contributed by atoms with Gasteiger partial charge in [-0.1, -0.05) is 23.2 Å². The van der Waals surface area contributed by atoms with Crippen molar-refractivity contribution >= 4 is 40.5 Å². The number of benzene rings is 1. The van der Waals surface area contributed by atoms with Gasteiger partial charge in [0.05, 0.1) is 29.1 Å². The molecule has 21 heavy (non-hydrogen) atoms. The average molecular weight is 333 g/mol. The van der Waals surface area contributed by atoms with E-state index in [0.29, 0.717) is 28.0 Å². The maximum absolute atomic E-state index is 12.1. The first kappa shape index (κ1) is 16.4. The molecule has 5 nitrogen and oxygen atoms in total. The van der Waals surface area contributed by atoms with Gasteiger partial charge in [0.25, 0.3) is 5.91 Å². The lowest BCUT2D eigenvalue weighted by Crippen LogP contribution is -2.30. The Labute approximate surface area is 133 Å². The number of halogens is 2. The molecule has 0 spiro atoms. The van der Waals surface area contributed by atoms with E-state index in [4.69, 9.17) is 38.4 Å². The normalized spacial score (nSPS) is 19.5. The van der Waals surface area contributed by atoms with Gasteiger partial charge in [-0.2, -0.15) is 0 Å². The van der Waals surface area contributed by atoms with Crippen molar-refractivity contribution in [3.8, 4) is 0 Å². The van der Waals surface area contributed by atoms with Gasteiger partial charge < -0.3 is 20.5 Å². The lowest BCUT2D eigenvalue weighted by atomic mass is 10.2. The van der Waals surface area contributed by atoms with E-state index in [1.807, 2.05) is 0 Å². The van der Waals surface area contributed by atoms with Crippen LogP contribution in [-0.2, 0) is 14.3 Å². The van der Waals surface area contributed by atoms with Crippen LogP contribution in [-0.4, -0.2) is 31.3 Å². The summed E-state index contributed by atoms with van der Waals surface area (Å²) >= 11 is 11.9. The third-order valence-electron chi connectivity index (χ3n) is 3.26. The van der Waals surface area contributed by atoms with Crippen LogP contribution in [0.2, 0.25) is 10.0 Å². The highest BCUT2D eigenvalue weighted by Gasteiger charge is 2.21. The van der Waals surface area contributed by atoms with Gasteiger partial charge in [-0.15, -0.1) is 0 Å². The fourth-order valence-electron chi connectivity index (χ4n) is 2.05. The molecule has 1 aliphatic rings. The van der Waals surface area contributed by atoms with Crippen LogP contribution in [0.3, 0.4) is 0 Å². The fraction of sp³-hybridized carbons (Fsp3) is 0.500. The number of hydrogen-bond acceptors (Lipinski definition) is 4. The number of nitrogens with two attached hydrogens (primary N) is 1. The van der Waals surface area contributed by atoms with Crippen LogP contribution in [0.4, 0.5) is 11.4 Å². The van der Waals surface area contributed by atoms with Gasteiger partial charge in [0.1, 0.15) is 6.10 Å². The average Bonchev–Trinajstić information content (AvgIpc) is 2.93. The number of anilines is 2. The summed E-state index contributed by atoms with van der Waals surface area (Å²) in [5.41, 5.74) is 6.46. The van der Waals surface area contributed by atoms with Gasteiger partial charge in [0.2, 0.25) is 0 Å². The summed E-state index contributed by atoms with van der Waals surface area (Å²) in [7, 11) is 0. The number of carbonyl (C=O) groups is 1. The SMILES string of the molecule is CC(OCC1CCCO1)C(=O)Nc1c(N)cc(Cl)cc1Cl. The summed E-state index contributed by atoms with van der Waals surface area (Å²) < 4.78 is 11.0. The van der Waals surface area contributed by atoms with Gasteiger partial charge in [0, 0.05) is 11.6 Å². The highest BCUT2D eigenvalue weighted by molar-refractivity contribution is 6.37. The zero-order valence-electron chi connectivity index (χ0n) is 11.7. The Bertz CT molecular complexity index is 496. The molecule has 0 bridgehead atoms. The topological polar surface area (TPSA) is 73.6 Å². The molecule has 1 saturated heterocycles. The van der Waals surface area contributed by atoms with E-state index in [1.54, 1.807) is 6.92 Å². The fourth-order valence-corrected chi connectivity index (χ4v) is 2.61. The van der Waals surface area contributed by atoms with E-state index in [9.17, 15) is 4.79 Å². The van der Waals surface area contributed by atoms with Crippen LogP contribution < -0.4 is 11.1 Å². The number of nitrogens with one attached hydrogen (secondary N) is 1. The lowest BCUT2D eigenvalue weighted by Gasteiger charge is -2.17. The zero-order valence-corrected chi connectivity index (χ0v) is 13.2. The number of amides is 1. The minimum atomic E-state index is -0.625. The Morgan fingerprint density at radius 3 is 2.95 bits per heavy atom. The smallest absolute Gasteiger partial charge is 0.253 e. The van der Waals surface area contributed by atoms with Crippen LogP contribution in [0.1, 0.15) is 19.8 Å². The quantitative estimate of drug-likeness (QED) is 0.812. The van der Waals surface area contributed by atoms with Crippen molar-refractivity contribution in [2.24, 2.45) is 0 Å². The largest absolute Gasteiger partial charge is 0.397 e. The highest BCUT2D eigenvalue weighted by atomic mass is 35.5. The Morgan fingerprint density at radius 2 is 2.33 bits per heavy atom. The van der Waals surface area contributed by atoms with Crippen LogP contribution >= 0.6 is 23.2 Å².